The summed E-state index contributed by atoms with van der Waals surface area (Å²) in [6, 6.07) is 12.1. The molecule has 0 aliphatic rings. The summed E-state index contributed by atoms with van der Waals surface area (Å²) in [5.41, 5.74) is 4.84. The average molecular weight is 428 g/mol. The van der Waals surface area contributed by atoms with E-state index in [2.05, 4.69) is 5.32 Å². The van der Waals surface area contributed by atoms with Gasteiger partial charge >= 0.3 is 12.1 Å². The second-order valence-electron chi connectivity index (χ2n) is 6.33. The van der Waals surface area contributed by atoms with E-state index in [1.165, 1.54) is 35.0 Å². The Morgan fingerprint density at radius 3 is 2.52 bits per heavy atom. The Balaban J connectivity index is 2.06. The zero-order chi connectivity index (χ0) is 22.8. The molecular weight excluding hydrogens is 413 g/mol. The smallest absolute Gasteiger partial charge is 0.416 e. The van der Waals surface area contributed by atoms with Gasteiger partial charge in [-0.25, -0.2) is 4.79 Å². The topological polar surface area (TPSA) is 110 Å². The molecule has 31 heavy (non-hydrogen) atoms. The van der Waals surface area contributed by atoms with Crippen LogP contribution >= 0.6 is 0 Å². The monoisotopic (exact) mass is 428 g/mol. The fourth-order valence-electron chi connectivity index (χ4n) is 2.95. The Labute approximate surface area is 174 Å². The maximum absolute atomic E-state index is 12.9. The number of nitrogen functional groups attached to an aromatic ring is 1. The quantitative estimate of drug-likeness (QED) is 0.611. The van der Waals surface area contributed by atoms with Crippen LogP contribution in [0.25, 0.3) is 5.69 Å². The molecule has 1 amide bonds. The van der Waals surface area contributed by atoms with Crippen molar-refractivity contribution in [1.82, 2.24) is 4.57 Å². The van der Waals surface area contributed by atoms with Gasteiger partial charge in [-0.3, -0.25) is 4.79 Å². The minimum absolute atomic E-state index is 0.00603. The van der Waals surface area contributed by atoms with Crippen LogP contribution in [0.4, 0.5) is 24.5 Å². The van der Waals surface area contributed by atoms with Crippen molar-refractivity contribution in [3.8, 4) is 11.8 Å². The van der Waals surface area contributed by atoms with Crippen molar-refractivity contribution in [3.63, 3.8) is 0 Å². The SMILES string of the molecule is COC(=O)c1c(N)c(C#N)cn1-c1ccccc1C(=O)Nc1cccc(C(F)(F)F)c1. The summed E-state index contributed by atoms with van der Waals surface area (Å²) in [5.74, 6) is -1.55. The molecule has 10 heteroatoms. The summed E-state index contributed by atoms with van der Waals surface area (Å²) in [7, 11) is 1.14. The Kier molecular flexibility index (Phi) is 5.70. The maximum atomic E-state index is 12.9. The van der Waals surface area contributed by atoms with Gasteiger partial charge in [0.1, 0.15) is 6.07 Å². The van der Waals surface area contributed by atoms with E-state index in [-0.39, 0.29) is 33.9 Å². The molecule has 0 aliphatic heterocycles. The second kappa shape index (κ2) is 8.23. The van der Waals surface area contributed by atoms with Gasteiger partial charge in [-0.15, -0.1) is 0 Å². The number of nitriles is 1. The summed E-state index contributed by atoms with van der Waals surface area (Å²) >= 11 is 0. The number of hydrogen-bond acceptors (Lipinski definition) is 5. The highest BCUT2D eigenvalue weighted by atomic mass is 19.4. The molecule has 0 aliphatic carbocycles. The number of carbonyl (C=O) groups is 2. The Morgan fingerprint density at radius 1 is 1.16 bits per heavy atom. The number of ether oxygens (including phenoxy) is 1. The molecule has 3 N–H and O–H groups in total. The number of halogens is 3. The Morgan fingerprint density at radius 2 is 1.87 bits per heavy atom. The Hall–Kier alpha value is -4.26. The molecule has 2 aromatic carbocycles. The summed E-state index contributed by atoms with van der Waals surface area (Å²) in [6.07, 6.45) is -3.29. The molecule has 3 aromatic rings. The minimum atomic E-state index is -4.57. The Bertz CT molecular complexity index is 1210. The van der Waals surface area contributed by atoms with Crippen molar-refractivity contribution < 1.29 is 27.5 Å². The normalized spacial score (nSPS) is 10.9. The molecule has 0 spiro atoms. The summed E-state index contributed by atoms with van der Waals surface area (Å²) < 4.78 is 44.8. The fraction of sp³-hybridized carbons (Fsp3) is 0.0952. The molecule has 158 valence electrons. The maximum Gasteiger partial charge on any atom is 0.416 e. The summed E-state index contributed by atoms with van der Waals surface area (Å²) in [4.78, 5) is 25.1. The zero-order valence-electron chi connectivity index (χ0n) is 16.0. The van der Waals surface area contributed by atoms with Crippen LogP contribution < -0.4 is 11.1 Å². The van der Waals surface area contributed by atoms with E-state index in [0.29, 0.717) is 0 Å². The highest BCUT2D eigenvalue weighted by molar-refractivity contribution is 6.07. The predicted octanol–water partition coefficient (Wildman–Crippen LogP) is 3.99. The van der Waals surface area contributed by atoms with E-state index in [1.54, 1.807) is 12.1 Å². The van der Waals surface area contributed by atoms with E-state index >= 15 is 0 Å². The van der Waals surface area contributed by atoms with Crippen LogP contribution in [0.1, 0.15) is 32.0 Å². The third kappa shape index (κ3) is 4.20. The molecule has 0 radical (unpaired) electrons. The second-order valence-corrected chi connectivity index (χ2v) is 6.33. The number of rotatable bonds is 4. The van der Waals surface area contributed by atoms with Crippen LogP contribution in [-0.2, 0) is 10.9 Å². The number of para-hydroxylation sites is 1. The number of nitrogens with two attached hydrogens (primary N) is 1. The summed E-state index contributed by atoms with van der Waals surface area (Å²) in [5, 5.41) is 11.7. The first-order valence-corrected chi connectivity index (χ1v) is 8.74. The number of alkyl halides is 3. The van der Waals surface area contributed by atoms with Gasteiger partial charge in [-0.1, -0.05) is 18.2 Å². The molecule has 0 saturated carbocycles. The van der Waals surface area contributed by atoms with Gasteiger partial charge in [0.15, 0.2) is 5.69 Å². The average Bonchev–Trinajstić information content (AvgIpc) is 3.09. The molecule has 0 unspecified atom stereocenters. The predicted molar refractivity (Wildman–Crippen MR) is 106 cm³/mol. The first-order valence-electron chi connectivity index (χ1n) is 8.74. The van der Waals surface area contributed by atoms with Gasteiger partial charge in [0.2, 0.25) is 0 Å². The molecule has 1 heterocycles. The number of hydrogen-bond donors (Lipinski definition) is 2. The van der Waals surface area contributed by atoms with Gasteiger partial charge in [0.25, 0.3) is 5.91 Å². The lowest BCUT2D eigenvalue weighted by atomic mass is 10.1. The molecule has 0 atom stereocenters. The lowest BCUT2D eigenvalue weighted by molar-refractivity contribution is -0.137. The van der Waals surface area contributed by atoms with Gasteiger partial charge in [-0.2, -0.15) is 18.4 Å². The van der Waals surface area contributed by atoms with Crippen LogP contribution in [0.5, 0.6) is 0 Å². The zero-order valence-corrected chi connectivity index (χ0v) is 16.0. The van der Waals surface area contributed by atoms with Crippen molar-refractivity contribution in [2.24, 2.45) is 0 Å². The minimum Gasteiger partial charge on any atom is -0.464 e. The number of nitrogens with zero attached hydrogens (tertiary/aromatic N) is 2. The van der Waals surface area contributed by atoms with E-state index in [9.17, 15) is 28.0 Å². The molecule has 3 rings (SSSR count). The summed E-state index contributed by atoms with van der Waals surface area (Å²) in [6.45, 7) is 0. The van der Waals surface area contributed by atoms with Crippen molar-refractivity contribution in [2.45, 2.75) is 6.18 Å². The highest BCUT2D eigenvalue weighted by Gasteiger charge is 2.30. The van der Waals surface area contributed by atoms with E-state index in [0.717, 1.165) is 19.2 Å². The number of anilines is 2. The van der Waals surface area contributed by atoms with Crippen molar-refractivity contribution in [3.05, 3.63) is 77.1 Å². The van der Waals surface area contributed by atoms with Crippen LogP contribution in [-0.4, -0.2) is 23.6 Å². The lowest BCUT2D eigenvalue weighted by Crippen LogP contribution is -2.18. The van der Waals surface area contributed by atoms with E-state index < -0.39 is 23.6 Å². The van der Waals surface area contributed by atoms with Crippen molar-refractivity contribution >= 4 is 23.3 Å². The number of benzene rings is 2. The molecule has 0 saturated heterocycles. The molecular formula is C21H15F3N4O3. The largest absolute Gasteiger partial charge is 0.464 e. The van der Waals surface area contributed by atoms with Crippen LogP contribution in [0.15, 0.2) is 54.7 Å². The van der Waals surface area contributed by atoms with Crippen LogP contribution in [0, 0.1) is 11.3 Å². The molecule has 0 fully saturated rings. The number of aromatic nitrogens is 1. The van der Waals surface area contributed by atoms with Gasteiger partial charge in [0, 0.05) is 11.9 Å². The van der Waals surface area contributed by atoms with Crippen molar-refractivity contribution in [2.75, 3.05) is 18.2 Å². The standard InChI is InChI=1S/C21H15F3N4O3/c1-31-20(30)18-17(26)12(10-25)11-28(18)16-8-3-2-7-15(16)19(29)27-14-6-4-5-13(9-14)21(22,23)24/h2-9,11H,26H2,1H3,(H,27,29). The van der Waals surface area contributed by atoms with Crippen LogP contribution in [0.2, 0.25) is 0 Å². The van der Waals surface area contributed by atoms with E-state index in [4.69, 9.17) is 10.5 Å². The van der Waals surface area contributed by atoms with Crippen LogP contribution in [0.3, 0.4) is 0 Å². The third-order valence-electron chi connectivity index (χ3n) is 4.40. The van der Waals surface area contributed by atoms with Gasteiger partial charge in [-0.05, 0) is 30.3 Å². The van der Waals surface area contributed by atoms with Gasteiger partial charge in [0.05, 0.1) is 35.2 Å². The number of nitrogens with one attached hydrogen (secondary N) is 1. The number of carbonyl (C=O) groups excluding carboxylic acids is 2. The highest BCUT2D eigenvalue weighted by Crippen LogP contribution is 2.31. The molecule has 1 aromatic heterocycles. The lowest BCUT2D eigenvalue weighted by Gasteiger charge is -2.14. The fourth-order valence-corrected chi connectivity index (χ4v) is 2.95. The molecule has 7 nitrogen and oxygen atoms in total. The third-order valence-corrected chi connectivity index (χ3v) is 4.40. The number of amides is 1. The first kappa shape index (κ1) is 21.4. The van der Waals surface area contributed by atoms with Gasteiger partial charge < -0.3 is 20.4 Å². The van der Waals surface area contributed by atoms with E-state index in [1.807, 2.05) is 6.07 Å². The van der Waals surface area contributed by atoms with Crippen molar-refractivity contribution in [1.29, 1.82) is 5.26 Å². The molecule has 0 bridgehead atoms. The first-order chi connectivity index (χ1) is 14.7. The number of methoxy groups -OCH3 is 1. The number of esters is 1.